The monoisotopic (exact) mass is 181 g/mol. The lowest BCUT2D eigenvalue weighted by Crippen LogP contribution is -2.32. The molecule has 74 valence electrons. The van der Waals surface area contributed by atoms with Crippen LogP contribution in [0, 0.1) is 5.92 Å². The van der Waals surface area contributed by atoms with Crippen molar-refractivity contribution in [3.8, 4) is 0 Å². The Labute approximate surface area is 80.4 Å². The average molecular weight is 181 g/mol. The molecule has 1 aliphatic carbocycles. The topological polar surface area (TPSA) is 29.1 Å². The summed E-state index contributed by atoms with van der Waals surface area (Å²) < 4.78 is 0. The normalized spacial score (nSPS) is 19.1. The molecule has 0 bridgehead atoms. The van der Waals surface area contributed by atoms with Crippen molar-refractivity contribution in [3.05, 3.63) is 11.8 Å². The van der Waals surface area contributed by atoms with Gasteiger partial charge in [-0.15, -0.1) is 0 Å². The Morgan fingerprint density at radius 3 is 2.54 bits per heavy atom. The summed E-state index contributed by atoms with van der Waals surface area (Å²) in [5.41, 5.74) is 1.13. The van der Waals surface area contributed by atoms with Gasteiger partial charge >= 0.3 is 0 Å². The van der Waals surface area contributed by atoms with E-state index in [1.54, 1.807) is 6.08 Å². The summed E-state index contributed by atoms with van der Waals surface area (Å²) in [5, 5.41) is 3.44. The summed E-state index contributed by atoms with van der Waals surface area (Å²) in [7, 11) is 0. The van der Waals surface area contributed by atoms with Crippen LogP contribution in [-0.4, -0.2) is 11.8 Å². The lowest BCUT2D eigenvalue weighted by atomic mass is 10.0. The first kappa shape index (κ1) is 10.3. The molecule has 1 rings (SSSR count). The van der Waals surface area contributed by atoms with Crippen LogP contribution in [0.25, 0.3) is 0 Å². The Hall–Kier alpha value is -0.790. The van der Waals surface area contributed by atoms with Gasteiger partial charge in [-0.25, -0.2) is 0 Å². The number of ketones is 1. The highest BCUT2D eigenvalue weighted by atomic mass is 16.1. The highest BCUT2D eigenvalue weighted by molar-refractivity contribution is 5.92. The number of hydrogen-bond donors (Lipinski definition) is 1. The van der Waals surface area contributed by atoms with Crippen LogP contribution in [0.3, 0.4) is 0 Å². The minimum Gasteiger partial charge on any atom is -0.385 e. The second-order valence-corrected chi connectivity index (χ2v) is 4.04. The van der Waals surface area contributed by atoms with E-state index in [2.05, 4.69) is 26.1 Å². The molecule has 1 atom stereocenters. The van der Waals surface area contributed by atoms with Crippen molar-refractivity contribution in [3.63, 3.8) is 0 Å². The number of carbonyl (C=O) groups is 1. The van der Waals surface area contributed by atoms with Crippen molar-refractivity contribution in [2.45, 2.75) is 46.1 Å². The molecule has 0 saturated heterocycles. The molecule has 0 fully saturated rings. The van der Waals surface area contributed by atoms with E-state index in [4.69, 9.17) is 0 Å². The quantitative estimate of drug-likeness (QED) is 0.720. The highest BCUT2D eigenvalue weighted by Gasteiger charge is 2.16. The van der Waals surface area contributed by atoms with Gasteiger partial charge < -0.3 is 5.32 Å². The van der Waals surface area contributed by atoms with Crippen molar-refractivity contribution in [2.75, 3.05) is 0 Å². The van der Waals surface area contributed by atoms with Crippen molar-refractivity contribution < 1.29 is 4.79 Å². The molecule has 0 heterocycles. The maximum atomic E-state index is 11.0. The summed E-state index contributed by atoms with van der Waals surface area (Å²) in [6.07, 6.45) is 4.47. The Bertz CT molecular complexity index is 218. The van der Waals surface area contributed by atoms with Crippen LogP contribution >= 0.6 is 0 Å². The molecule has 0 saturated carbocycles. The maximum absolute atomic E-state index is 11.0. The van der Waals surface area contributed by atoms with E-state index in [0.29, 0.717) is 18.4 Å². The minimum absolute atomic E-state index is 0.265. The molecule has 0 aromatic rings. The van der Waals surface area contributed by atoms with Crippen molar-refractivity contribution in [1.82, 2.24) is 5.32 Å². The first-order valence-electron chi connectivity index (χ1n) is 5.13. The molecule has 13 heavy (non-hydrogen) atoms. The van der Waals surface area contributed by atoms with E-state index in [0.717, 1.165) is 18.5 Å². The van der Waals surface area contributed by atoms with Crippen LogP contribution in [0.15, 0.2) is 11.8 Å². The minimum atomic E-state index is 0.265. The molecule has 0 aromatic carbocycles. The summed E-state index contributed by atoms with van der Waals surface area (Å²) in [5.74, 6) is 0.891. The zero-order chi connectivity index (χ0) is 9.84. The number of hydrogen-bond acceptors (Lipinski definition) is 2. The molecular formula is C11H19NO. The molecule has 2 nitrogen and oxygen atoms in total. The van der Waals surface area contributed by atoms with Gasteiger partial charge in [-0.2, -0.15) is 0 Å². The van der Waals surface area contributed by atoms with Gasteiger partial charge in [0.15, 0.2) is 5.78 Å². The molecule has 0 radical (unpaired) electrons. The second-order valence-electron chi connectivity index (χ2n) is 4.04. The maximum Gasteiger partial charge on any atom is 0.157 e. The van der Waals surface area contributed by atoms with Crippen LogP contribution in [0.4, 0.5) is 0 Å². The zero-order valence-electron chi connectivity index (χ0n) is 8.76. The molecule has 0 aromatic heterocycles. The van der Waals surface area contributed by atoms with Gasteiger partial charge in [-0.1, -0.05) is 20.8 Å². The van der Waals surface area contributed by atoms with Crippen LogP contribution < -0.4 is 5.32 Å². The standard InChI is InChI=1S/C11H19NO/c1-4-11(8(2)3)12-9-5-6-10(13)7-9/h7-8,11-12H,4-6H2,1-3H3. The van der Waals surface area contributed by atoms with E-state index in [9.17, 15) is 4.79 Å². The molecule has 1 N–H and O–H groups in total. The molecule has 0 aliphatic heterocycles. The highest BCUT2D eigenvalue weighted by Crippen LogP contribution is 2.15. The summed E-state index contributed by atoms with van der Waals surface area (Å²) >= 11 is 0. The Balaban J connectivity index is 2.47. The number of rotatable bonds is 4. The van der Waals surface area contributed by atoms with E-state index < -0.39 is 0 Å². The van der Waals surface area contributed by atoms with Gasteiger partial charge in [0.2, 0.25) is 0 Å². The Morgan fingerprint density at radius 2 is 2.15 bits per heavy atom. The lowest BCUT2D eigenvalue weighted by Gasteiger charge is -2.22. The van der Waals surface area contributed by atoms with Gasteiger partial charge in [0.05, 0.1) is 0 Å². The van der Waals surface area contributed by atoms with Crippen LogP contribution in [0.5, 0.6) is 0 Å². The summed E-state index contributed by atoms with van der Waals surface area (Å²) in [6.45, 7) is 6.59. The number of nitrogens with one attached hydrogen (secondary N) is 1. The fourth-order valence-corrected chi connectivity index (χ4v) is 1.69. The van der Waals surface area contributed by atoms with E-state index in [-0.39, 0.29) is 5.78 Å². The van der Waals surface area contributed by atoms with Crippen molar-refractivity contribution in [1.29, 1.82) is 0 Å². The molecule has 2 heteroatoms. The number of carbonyl (C=O) groups excluding carboxylic acids is 1. The first-order chi connectivity index (χ1) is 6.13. The SMILES string of the molecule is CCC(NC1=CC(=O)CC1)C(C)C. The third-order valence-corrected chi connectivity index (χ3v) is 2.59. The van der Waals surface area contributed by atoms with Gasteiger partial charge in [0.25, 0.3) is 0 Å². The Kier molecular flexibility index (Phi) is 3.52. The van der Waals surface area contributed by atoms with Crippen LogP contribution in [-0.2, 0) is 4.79 Å². The van der Waals surface area contributed by atoms with Gasteiger partial charge in [0, 0.05) is 24.2 Å². The van der Waals surface area contributed by atoms with Crippen LogP contribution in [0.2, 0.25) is 0 Å². The van der Waals surface area contributed by atoms with Gasteiger partial charge in [-0.05, 0) is 18.8 Å². The van der Waals surface area contributed by atoms with Crippen LogP contribution in [0.1, 0.15) is 40.0 Å². The summed E-state index contributed by atoms with van der Waals surface area (Å²) in [4.78, 5) is 11.0. The molecule has 1 aliphatic rings. The van der Waals surface area contributed by atoms with Crippen molar-refractivity contribution >= 4 is 5.78 Å². The fourth-order valence-electron chi connectivity index (χ4n) is 1.69. The largest absolute Gasteiger partial charge is 0.385 e. The van der Waals surface area contributed by atoms with Crippen molar-refractivity contribution in [2.24, 2.45) is 5.92 Å². The fraction of sp³-hybridized carbons (Fsp3) is 0.727. The average Bonchev–Trinajstić information content (AvgIpc) is 2.46. The molecule has 0 amide bonds. The first-order valence-corrected chi connectivity index (χ1v) is 5.13. The predicted molar refractivity (Wildman–Crippen MR) is 54.4 cm³/mol. The third-order valence-electron chi connectivity index (χ3n) is 2.59. The third kappa shape index (κ3) is 2.87. The molecule has 0 spiro atoms. The van der Waals surface area contributed by atoms with Gasteiger partial charge in [0.1, 0.15) is 0 Å². The zero-order valence-corrected chi connectivity index (χ0v) is 8.76. The molecule has 1 unspecified atom stereocenters. The predicted octanol–water partition coefficient (Wildman–Crippen LogP) is 2.26. The smallest absolute Gasteiger partial charge is 0.157 e. The molecular weight excluding hydrogens is 162 g/mol. The number of allylic oxidation sites excluding steroid dienone is 2. The summed E-state index contributed by atoms with van der Waals surface area (Å²) in [6, 6.07) is 0.511. The van der Waals surface area contributed by atoms with Gasteiger partial charge in [-0.3, -0.25) is 4.79 Å². The van der Waals surface area contributed by atoms with E-state index in [1.165, 1.54) is 0 Å². The van der Waals surface area contributed by atoms with E-state index in [1.807, 2.05) is 0 Å². The van der Waals surface area contributed by atoms with E-state index >= 15 is 0 Å². The second kappa shape index (κ2) is 4.45. The lowest BCUT2D eigenvalue weighted by molar-refractivity contribution is -0.114. The Morgan fingerprint density at radius 1 is 1.46 bits per heavy atom.